The molecule has 0 spiro atoms. The Labute approximate surface area is 111 Å². The van der Waals surface area contributed by atoms with Gasteiger partial charge < -0.3 is 15.4 Å². The zero-order valence-electron chi connectivity index (χ0n) is 12.1. The van der Waals surface area contributed by atoms with Gasteiger partial charge in [0.05, 0.1) is 7.11 Å². The highest BCUT2D eigenvalue weighted by Gasteiger charge is 2.28. The molecule has 0 aromatic rings. The van der Waals surface area contributed by atoms with Gasteiger partial charge in [-0.2, -0.15) is 0 Å². The molecule has 2 atom stereocenters. The molecular formula is C14H28N2O2. The minimum absolute atomic E-state index is 0.311. The van der Waals surface area contributed by atoms with Crippen LogP contribution in [0.2, 0.25) is 0 Å². The van der Waals surface area contributed by atoms with Crippen molar-refractivity contribution in [3.8, 4) is 0 Å². The van der Waals surface area contributed by atoms with E-state index in [9.17, 15) is 4.79 Å². The molecular weight excluding hydrogens is 228 g/mol. The predicted molar refractivity (Wildman–Crippen MR) is 73.3 cm³/mol. The number of unbranched alkanes of at least 4 members (excludes halogenated alkanes) is 1. The van der Waals surface area contributed by atoms with Crippen LogP contribution in [0.4, 0.5) is 0 Å². The van der Waals surface area contributed by atoms with Crippen molar-refractivity contribution in [1.29, 1.82) is 0 Å². The maximum atomic E-state index is 11.4. The molecule has 2 N–H and O–H groups in total. The number of hydrogen-bond acceptors (Lipinski definition) is 4. The summed E-state index contributed by atoms with van der Waals surface area (Å²) < 4.78 is 4.70. The minimum Gasteiger partial charge on any atom is -0.468 e. The number of carbonyl (C=O) groups excluding carboxylic acids is 1. The molecule has 0 radical (unpaired) electrons. The van der Waals surface area contributed by atoms with E-state index in [0.29, 0.717) is 12.5 Å². The van der Waals surface area contributed by atoms with Gasteiger partial charge >= 0.3 is 5.97 Å². The first-order valence-electron chi connectivity index (χ1n) is 7.08. The van der Waals surface area contributed by atoms with Crippen molar-refractivity contribution >= 4 is 5.97 Å². The van der Waals surface area contributed by atoms with Crippen LogP contribution in [0.1, 0.15) is 52.4 Å². The Morgan fingerprint density at radius 3 is 2.78 bits per heavy atom. The third-order valence-corrected chi connectivity index (χ3v) is 3.98. The Morgan fingerprint density at radius 1 is 1.44 bits per heavy atom. The van der Waals surface area contributed by atoms with Gasteiger partial charge in [-0.05, 0) is 59.0 Å². The zero-order chi connectivity index (χ0) is 13.6. The summed E-state index contributed by atoms with van der Waals surface area (Å²) in [5, 5.41) is 0. The fourth-order valence-electron chi connectivity index (χ4n) is 2.63. The van der Waals surface area contributed by atoms with E-state index < -0.39 is 5.54 Å². The second-order valence-corrected chi connectivity index (χ2v) is 5.75. The van der Waals surface area contributed by atoms with Gasteiger partial charge in [-0.15, -0.1) is 0 Å². The largest absolute Gasteiger partial charge is 0.468 e. The van der Waals surface area contributed by atoms with Crippen LogP contribution in [0.3, 0.4) is 0 Å². The van der Waals surface area contributed by atoms with Crippen molar-refractivity contribution in [2.24, 2.45) is 5.73 Å². The summed E-state index contributed by atoms with van der Waals surface area (Å²) in [6.07, 6.45) is 6.78. The summed E-state index contributed by atoms with van der Waals surface area (Å²) in [6.45, 7) is 6.40. The van der Waals surface area contributed by atoms with Crippen LogP contribution in [-0.2, 0) is 9.53 Å². The van der Waals surface area contributed by atoms with E-state index in [1.165, 1.54) is 32.9 Å². The number of esters is 1. The second-order valence-electron chi connectivity index (χ2n) is 5.75. The minimum atomic E-state index is -0.831. The number of hydrogen-bond donors (Lipinski definition) is 1. The first kappa shape index (κ1) is 15.4. The lowest BCUT2D eigenvalue weighted by Crippen LogP contribution is -2.45. The molecule has 1 rings (SSSR count). The Balaban J connectivity index is 2.20. The van der Waals surface area contributed by atoms with Gasteiger partial charge in [0.2, 0.25) is 0 Å². The third kappa shape index (κ3) is 4.58. The van der Waals surface area contributed by atoms with Crippen molar-refractivity contribution in [3.63, 3.8) is 0 Å². The molecule has 1 aliphatic rings. The van der Waals surface area contributed by atoms with E-state index >= 15 is 0 Å². The van der Waals surface area contributed by atoms with Crippen LogP contribution < -0.4 is 5.73 Å². The Bertz CT molecular complexity index is 267. The van der Waals surface area contributed by atoms with Crippen LogP contribution in [0.25, 0.3) is 0 Å². The van der Waals surface area contributed by atoms with E-state index in [-0.39, 0.29) is 5.97 Å². The van der Waals surface area contributed by atoms with Crippen LogP contribution in [0.5, 0.6) is 0 Å². The normalized spacial score (nSPS) is 24.6. The number of nitrogens with zero attached hydrogens (tertiary/aromatic N) is 1. The van der Waals surface area contributed by atoms with E-state index in [1.54, 1.807) is 6.92 Å². The van der Waals surface area contributed by atoms with Crippen LogP contribution in [-0.4, -0.2) is 42.6 Å². The maximum absolute atomic E-state index is 11.4. The molecule has 106 valence electrons. The van der Waals surface area contributed by atoms with Gasteiger partial charge in [0.15, 0.2) is 0 Å². The molecule has 0 aromatic carbocycles. The maximum Gasteiger partial charge on any atom is 0.325 e. The molecule has 4 nitrogen and oxygen atoms in total. The van der Waals surface area contributed by atoms with Crippen molar-refractivity contribution in [2.75, 3.05) is 20.2 Å². The quantitative estimate of drug-likeness (QED) is 0.583. The van der Waals surface area contributed by atoms with Crippen LogP contribution >= 0.6 is 0 Å². The van der Waals surface area contributed by atoms with Crippen molar-refractivity contribution in [1.82, 2.24) is 4.90 Å². The molecule has 1 aliphatic heterocycles. The Morgan fingerprint density at radius 2 is 2.17 bits per heavy atom. The highest BCUT2D eigenvalue weighted by molar-refractivity contribution is 5.79. The van der Waals surface area contributed by atoms with E-state index in [4.69, 9.17) is 10.5 Å². The first-order valence-corrected chi connectivity index (χ1v) is 7.08. The average Bonchev–Trinajstić information content (AvgIpc) is 2.35. The number of ether oxygens (including phenoxy) is 1. The fraction of sp³-hybridized carbons (Fsp3) is 0.929. The summed E-state index contributed by atoms with van der Waals surface area (Å²) in [5.74, 6) is -0.311. The Hall–Kier alpha value is -0.610. The van der Waals surface area contributed by atoms with Crippen molar-refractivity contribution in [3.05, 3.63) is 0 Å². The van der Waals surface area contributed by atoms with Gasteiger partial charge in [0.25, 0.3) is 0 Å². The van der Waals surface area contributed by atoms with Crippen molar-refractivity contribution in [2.45, 2.75) is 64.0 Å². The topological polar surface area (TPSA) is 55.6 Å². The van der Waals surface area contributed by atoms with Gasteiger partial charge in [-0.25, -0.2) is 0 Å². The van der Waals surface area contributed by atoms with E-state index in [1.807, 2.05) is 0 Å². The highest BCUT2D eigenvalue weighted by atomic mass is 16.5. The lowest BCUT2D eigenvalue weighted by Gasteiger charge is -2.33. The number of likely N-dealkylation sites (tertiary alicyclic amines) is 1. The molecule has 1 saturated heterocycles. The number of nitrogens with two attached hydrogens (primary N) is 1. The molecule has 1 fully saturated rings. The predicted octanol–water partition coefficient (Wildman–Crippen LogP) is 1.92. The van der Waals surface area contributed by atoms with Crippen LogP contribution in [0, 0.1) is 0 Å². The fourth-order valence-corrected chi connectivity index (χ4v) is 2.63. The molecule has 0 aliphatic carbocycles. The number of methoxy groups -OCH3 is 1. The molecule has 0 aromatic heterocycles. The van der Waals surface area contributed by atoms with Gasteiger partial charge in [0, 0.05) is 6.04 Å². The van der Waals surface area contributed by atoms with E-state index in [2.05, 4.69) is 11.8 Å². The second kappa shape index (κ2) is 7.10. The summed E-state index contributed by atoms with van der Waals surface area (Å²) in [7, 11) is 1.39. The van der Waals surface area contributed by atoms with Gasteiger partial charge in [-0.3, -0.25) is 4.79 Å². The van der Waals surface area contributed by atoms with Crippen LogP contribution in [0.15, 0.2) is 0 Å². The summed E-state index contributed by atoms with van der Waals surface area (Å²) in [6, 6.07) is 0.712. The zero-order valence-corrected chi connectivity index (χ0v) is 12.1. The summed E-state index contributed by atoms with van der Waals surface area (Å²) in [4.78, 5) is 14.0. The summed E-state index contributed by atoms with van der Waals surface area (Å²) >= 11 is 0. The smallest absolute Gasteiger partial charge is 0.325 e. The molecule has 4 heteroatoms. The number of rotatable bonds is 6. The molecule has 2 unspecified atom stereocenters. The average molecular weight is 256 g/mol. The lowest BCUT2D eigenvalue weighted by molar-refractivity contribution is -0.146. The summed E-state index contributed by atoms with van der Waals surface area (Å²) in [5.41, 5.74) is 5.10. The third-order valence-electron chi connectivity index (χ3n) is 3.98. The van der Waals surface area contributed by atoms with Gasteiger partial charge in [0.1, 0.15) is 5.54 Å². The lowest BCUT2D eigenvalue weighted by atomic mass is 9.96. The monoisotopic (exact) mass is 256 g/mol. The number of piperidine rings is 1. The van der Waals surface area contributed by atoms with Crippen molar-refractivity contribution < 1.29 is 9.53 Å². The highest BCUT2D eigenvalue weighted by Crippen LogP contribution is 2.18. The molecule has 0 amide bonds. The standard InChI is InChI=1S/C14H28N2O2/c1-12-8-4-6-10-16(12)11-7-5-9-14(2,15)13(17)18-3/h12H,4-11,15H2,1-3H3. The molecule has 18 heavy (non-hydrogen) atoms. The first-order chi connectivity index (χ1) is 8.47. The Kier molecular flexibility index (Phi) is 6.09. The molecule has 0 bridgehead atoms. The molecule has 1 heterocycles. The number of carbonyl (C=O) groups is 1. The van der Waals surface area contributed by atoms with E-state index in [0.717, 1.165) is 19.4 Å². The van der Waals surface area contributed by atoms with Gasteiger partial charge in [-0.1, -0.05) is 6.42 Å². The SMILES string of the molecule is COC(=O)C(C)(N)CCCCN1CCCCC1C. The molecule has 0 saturated carbocycles.